The largest absolute Gasteiger partial charge is 0.414 e. The zero-order valence-corrected chi connectivity index (χ0v) is 16.8. The molecule has 23 heavy (non-hydrogen) atoms. The van der Waals surface area contributed by atoms with Gasteiger partial charge in [-0.05, 0) is 38.4 Å². The number of rotatable bonds is 7. The molecule has 0 aromatic rings. The van der Waals surface area contributed by atoms with Gasteiger partial charge in [0.25, 0.3) is 0 Å². The first kappa shape index (κ1) is 20.6. The van der Waals surface area contributed by atoms with Gasteiger partial charge in [-0.15, -0.1) is 13.2 Å². The molecule has 0 amide bonds. The summed E-state index contributed by atoms with van der Waals surface area (Å²) in [5, 5.41) is 11.3. The standard InChI is InChI=1S/C18H34O4Si/c1-10-12-18(19,13-20-23(8,9)16(3,4)5)15-14(11-2)21-17(6,7)22-15/h10-11,14-15,19H,1-2,12-13H2,3-9H3/t14-,15-,18?/m0/s1. The van der Waals surface area contributed by atoms with Crippen LogP contribution in [0.15, 0.2) is 25.3 Å². The van der Waals surface area contributed by atoms with Gasteiger partial charge >= 0.3 is 0 Å². The summed E-state index contributed by atoms with van der Waals surface area (Å²) in [5.74, 6) is -0.754. The van der Waals surface area contributed by atoms with Gasteiger partial charge in [-0.1, -0.05) is 32.9 Å². The van der Waals surface area contributed by atoms with Crippen molar-refractivity contribution in [3.63, 3.8) is 0 Å². The summed E-state index contributed by atoms with van der Waals surface area (Å²) in [6, 6.07) is 0. The van der Waals surface area contributed by atoms with E-state index in [1.807, 2.05) is 13.8 Å². The van der Waals surface area contributed by atoms with Crippen LogP contribution in [0.3, 0.4) is 0 Å². The molecule has 1 unspecified atom stereocenters. The Balaban J connectivity index is 2.99. The Morgan fingerprint density at radius 2 is 1.78 bits per heavy atom. The Labute approximate surface area is 142 Å². The van der Waals surface area contributed by atoms with Crippen LogP contribution in [0.5, 0.6) is 0 Å². The van der Waals surface area contributed by atoms with Crippen molar-refractivity contribution in [3.8, 4) is 0 Å². The summed E-state index contributed by atoms with van der Waals surface area (Å²) in [6.07, 6.45) is 2.84. The van der Waals surface area contributed by atoms with E-state index in [0.29, 0.717) is 6.42 Å². The van der Waals surface area contributed by atoms with Crippen molar-refractivity contribution in [1.29, 1.82) is 0 Å². The van der Waals surface area contributed by atoms with Crippen LogP contribution in [0.2, 0.25) is 18.1 Å². The Morgan fingerprint density at radius 1 is 1.22 bits per heavy atom. The maximum atomic E-state index is 11.2. The average Bonchev–Trinajstić information content (AvgIpc) is 2.72. The first-order chi connectivity index (χ1) is 10.3. The van der Waals surface area contributed by atoms with Gasteiger partial charge in [0.1, 0.15) is 17.8 Å². The van der Waals surface area contributed by atoms with Gasteiger partial charge in [0.05, 0.1) is 6.61 Å². The van der Waals surface area contributed by atoms with Gasteiger partial charge in [0, 0.05) is 0 Å². The second-order valence-electron chi connectivity index (χ2n) is 8.40. The summed E-state index contributed by atoms with van der Waals surface area (Å²) in [5.41, 5.74) is -1.19. The minimum atomic E-state index is -1.98. The second kappa shape index (κ2) is 6.80. The minimum Gasteiger partial charge on any atom is -0.414 e. The monoisotopic (exact) mass is 342 g/mol. The highest BCUT2D eigenvalue weighted by Crippen LogP contribution is 2.40. The Hall–Kier alpha value is -0.463. The third-order valence-electron chi connectivity index (χ3n) is 4.88. The average molecular weight is 343 g/mol. The predicted molar refractivity (Wildman–Crippen MR) is 96.9 cm³/mol. The fourth-order valence-electron chi connectivity index (χ4n) is 2.41. The lowest BCUT2D eigenvalue weighted by atomic mass is 9.90. The third kappa shape index (κ3) is 4.76. The van der Waals surface area contributed by atoms with E-state index in [-0.39, 0.29) is 17.7 Å². The van der Waals surface area contributed by atoms with Crippen LogP contribution in [-0.4, -0.2) is 43.6 Å². The van der Waals surface area contributed by atoms with E-state index in [1.54, 1.807) is 12.2 Å². The first-order valence-electron chi connectivity index (χ1n) is 8.23. The van der Waals surface area contributed by atoms with E-state index < -0.39 is 25.8 Å². The number of hydrogen-bond acceptors (Lipinski definition) is 4. The highest BCUT2D eigenvalue weighted by molar-refractivity contribution is 6.74. The van der Waals surface area contributed by atoms with Crippen LogP contribution < -0.4 is 0 Å². The van der Waals surface area contributed by atoms with E-state index >= 15 is 0 Å². The Morgan fingerprint density at radius 3 is 2.22 bits per heavy atom. The lowest BCUT2D eigenvalue weighted by molar-refractivity contribution is -0.176. The lowest BCUT2D eigenvalue weighted by Crippen LogP contribution is -2.54. The SMILES string of the molecule is C=CCC(O)(CO[Si](C)(C)C(C)(C)C)[C@H]1OC(C)(C)O[C@H]1C=C. The molecule has 1 aliphatic heterocycles. The smallest absolute Gasteiger partial charge is 0.192 e. The molecule has 3 atom stereocenters. The van der Waals surface area contributed by atoms with Crippen molar-refractivity contribution >= 4 is 8.32 Å². The predicted octanol–water partition coefficient (Wildman–Crippen LogP) is 4.02. The molecule has 1 N–H and O–H groups in total. The molecule has 0 saturated carbocycles. The molecular weight excluding hydrogens is 308 g/mol. The van der Waals surface area contributed by atoms with Gasteiger partial charge in [-0.25, -0.2) is 0 Å². The van der Waals surface area contributed by atoms with Gasteiger partial charge in [-0.2, -0.15) is 0 Å². The van der Waals surface area contributed by atoms with Crippen LogP contribution in [0.25, 0.3) is 0 Å². The van der Waals surface area contributed by atoms with Gasteiger partial charge in [-0.3, -0.25) is 0 Å². The first-order valence-corrected chi connectivity index (χ1v) is 11.1. The van der Waals surface area contributed by atoms with Crippen molar-refractivity contribution < 1.29 is 19.0 Å². The topological polar surface area (TPSA) is 47.9 Å². The molecule has 0 aromatic carbocycles. The number of aliphatic hydroxyl groups is 1. The van der Waals surface area contributed by atoms with Crippen LogP contribution in [0.1, 0.15) is 41.0 Å². The molecule has 0 bridgehead atoms. The highest BCUT2D eigenvalue weighted by atomic mass is 28.4. The molecule has 4 nitrogen and oxygen atoms in total. The molecular formula is C18H34O4Si. The normalized spacial score (nSPS) is 27.5. The van der Waals surface area contributed by atoms with Crippen molar-refractivity contribution in [3.05, 3.63) is 25.3 Å². The molecule has 0 aliphatic carbocycles. The molecule has 1 fully saturated rings. The van der Waals surface area contributed by atoms with Gasteiger partial charge < -0.3 is 19.0 Å². The minimum absolute atomic E-state index is 0.0756. The molecule has 1 heterocycles. The molecule has 5 heteroatoms. The lowest BCUT2D eigenvalue weighted by Gasteiger charge is -2.41. The Kier molecular flexibility index (Phi) is 6.09. The summed E-state index contributed by atoms with van der Waals surface area (Å²) in [4.78, 5) is 0. The van der Waals surface area contributed by atoms with Gasteiger partial charge in [0.2, 0.25) is 0 Å². The van der Waals surface area contributed by atoms with Gasteiger partial charge in [0.15, 0.2) is 14.1 Å². The molecule has 1 aliphatic rings. The van der Waals surface area contributed by atoms with Crippen LogP contribution in [0.4, 0.5) is 0 Å². The van der Waals surface area contributed by atoms with Crippen LogP contribution in [0, 0.1) is 0 Å². The van der Waals surface area contributed by atoms with Crippen LogP contribution >= 0.6 is 0 Å². The number of hydrogen-bond donors (Lipinski definition) is 1. The second-order valence-corrected chi connectivity index (χ2v) is 13.2. The van der Waals surface area contributed by atoms with E-state index in [0.717, 1.165) is 0 Å². The summed E-state index contributed by atoms with van der Waals surface area (Å²) >= 11 is 0. The zero-order chi connectivity index (χ0) is 18.1. The third-order valence-corrected chi connectivity index (χ3v) is 9.36. The molecule has 0 spiro atoms. The molecule has 134 valence electrons. The van der Waals surface area contributed by atoms with E-state index in [4.69, 9.17) is 13.9 Å². The summed E-state index contributed by atoms with van der Waals surface area (Å²) in [6.45, 7) is 22.3. The number of ether oxygens (including phenoxy) is 2. The van der Waals surface area contributed by atoms with E-state index in [1.165, 1.54) is 0 Å². The molecule has 0 aromatic heterocycles. The fourth-order valence-corrected chi connectivity index (χ4v) is 3.45. The van der Waals surface area contributed by atoms with Crippen LogP contribution in [-0.2, 0) is 13.9 Å². The quantitative estimate of drug-likeness (QED) is 0.561. The molecule has 0 radical (unpaired) electrons. The van der Waals surface area contributed by atoms with Crippen molar-refractivity contribution in [1.82, 2.24) is 0 Å². The van der Waals surface area contributed by atoms with Crippen molar-refractivity contribution in [2.24, 2.45) is 0 Å². The van der Waals surface area contributed by atoms with E-state index in [2.05, 4.69) is 47.0 Å². The van der Waals surface area contributed by atoms with E-state index in [9.17, 15) is 5.11 Å². The van der Waals surface area contributed by atoms with Crippen molar-refractivity contribution in [2.75, 3.05) is 6.61 Å². The highest BCUT2D eigenvalue weighted by Gasteiger charge is 2.51. The maximum absolute atomic E-state index is 11.2. The van der Waals surface area contributed by atoms with Crippen molar-refractivity contribution in [2.45, 2.75) is 82.8 Å². The molecule has 1 saturated heterocycles. The summed E-state index contributed by atoms with van der Waals surface area (Å²) in [7, 11) is -1.98. The maximum Gasteiger partial charge on any atom is 0.192 e. The summed E-state index contributed by atoms with van der Waals surface area (Å²) < 4.78 is 18.0. The fraction of sp³-hybridized carbons (Fsp3) is 0.778. The zero-order valence-electron chi connectivity index (χ0n) is 15.8. The Bertz CT molecular complexity index is 439. The molecule has 1 rings (SSSR count).